The molecule has 2 aliphatic heterocycles. The van der Waals surface area contributed by atoms with Gasteiger partial charge in [-0.2, -0.15) is 0 Å². The van der Waals surface area contributed by atoms with Gasteiger partial charge in [-0.05, 0) is 92.4 Å². The van der Waals surface area contributed by atoms with E-state index in [1.165, 1.54) is 38.2 Å². The summed E-state index contributed by atoms with van der Waals surface area (Å²) in [5.74, 6) is 2.81. The molecule has 1 aromatic carbocycles. The minimum atomic E-state index is -0.175. The Kier molecular flexibility index (Phi) is 3.73. The molecule has 4 saturated carbocycles. The first-order chi connectivity index (χ1) is 13.6. The molecular formula is C23H29FN2O2. The summed E-state index contributed by atoms with van der Waals surface area (Å²) in [5.41, 5.74) is 2.09. The molecule has 0 atom stereocenters. The van der Waals surface area contributed by atoms with E-state index in [4.69, 9.17) is 4.74 Å². The highest BCUT2D eigenvalue weighted by Crippen LogP contribution is 2.55. The van der Waals surface area contributed by atoms with Crippen molar-refractivity contribution in [2.75, 3.05) is 25.0 Å². The number of halogens is 1. The normalized spacial score (nSPS) is 37.0. The van der Waals surface area contributed by atoms with Crippen LogP contribution in [0.1, 0.15) is 50.5 Å². The number of hydrogen-bond acceptors (Lipinski definition) is 3. The van der Waals surface area contributed by atoms with Crippen molar-refractivity contribution >= 4 is 11.8 Å². The molecule has 28 heavy (non-hydrogen) atoms. The largest absolute Gasteiger partial charge is 0.446 e. The molecule has 1 amide bonds. The number of nitrogens with one attached hydrogen (secondary N) is 1. The molecule has 0 aromatic heterocycles. The van der Waals surface area contributed by atoms with Crippen LogP contribution in [0.25, 0.3) is 0 Å². The molecule has 5 fully saturated rings. The predicted molar refractivity (Wildman–Crippen MR) is 105 cm³/mol. The smallest absolute Gasteiger partial charge is 0.410 e. The molecule has 4 bridgehead atoms. The first-order valence-electron chi connectivity index (χ1n) is 11.1. The van der Waals surface area contributed by atoms with Crippen LogP contribution in [0, 0.1) is 29.5 Å². The Morgan fingerprint density at radius 1 is 1.07 bits per heavy atom. The van der Waals surface area contributed by atoms with Crippen LogP contribution >= 0.6 is 0 Å². The third-order valence-electron chi connectivity index (χ3n) is 8.53. The van der Waals surface area contributed by atoms with Crippen molar-refractivity contribution in [3.8, 4) is 0 Å². The van der Waals surface area contributed by atoms with Gasteiger partial charge in [0.2, 0.25) is 0 Å². The van der Waals surface area contributed by atoms with Crippen molar-refractivity contribution in [2.45, 2.75) is 56.5 Å². The molecule has 1 N–H and O–H groups in total. The Hall–Kier alpha value is -1.78. The number of benzene rings is 1. The quantitative estimate of drug-likeness (QED) is 0.773. The second-order valence-corrected chi connectivity index (χ2v) is 10.1. The number of fused-ring (bicyclic) bond motifs is 2. The fourth-order valence-electron chi connectivity index (χ4n) is 7.29. The molecule has 4 nitrogen and oxygen atoms in total. The molecule has 2 heterocycles. The van der Waals surface area contributed by atoms with Gasteiger partial charge >= 0.3 is 6.09 Å². The van der Waals surface area contributed by atoms with E-state index >= 15 is 0 Å². The molecule has 150 valence electrons. The second-order valence-electron chi connectivity index (χ2n) is 10.1. The van der Waals surface area contributed by atoms with E-state index in [2.05, 4.69) is 5.32 Å². The Balaban J connectivity index is 1.12. The highest BCUT2D eigenvalue weighted by atomic mass is 19.1. The molecule has 4 aliphatic carbocycles. The van der Waals surface area contributed by atoms with E-state index in [0.717, 1.165) is 42.5 Å². The highest BCUT2D eigenvalue weighted by Gasteiger charge is 2.50. The van der Waals surface area contributed by atoms with Gasteiger partial charge in [0.05, 0.1) is 0 Å². The predicted octanol–water partition coefficient (Wildman–Crippen LogP) is 4.55. The first-order valence-corrected chi connectivity index (χ1v) is 11.1. The van der Waals surface area contributed by atoms with Gasteiger partial charge in [0.1, 0.15) is 11.9 Å². The zero-order chi connectivity index (χ0) is 18.9. The van der Waals surface area contributed by atoms with Crippen LogP contribution in [-0.4, -0.2) is 36.7 Å². The summed E-state index contributed by atoms with van der Waals surface area (Å²) in [6.45, 7) is 2.23. The van der Waals surface area contributed by atoms with Crippen molar-refractivity contribution in [2.24, 2.45) is 23.7 Å². The van der Waals surface area contributed by atoms with Gasteiger partial charge in [-0.25, -0.2) is 9.18 Å². The van der Waals surface area contributed by atoms with Gasteiger partial charge in [0, 0.05) is 30.7 Å². The lowest BCUT2D eigenvalue weighted by molar-refractivity contribution is -0.103. The third kappa shape index (κ3) is 2.57. The Morgan fingerprint density at radius 2 is 1.75 bits per heavy atom. The number of ether oxygens (including phenoxy) is 1. The summed E-state index contributed by atoms with van der Waals surface area (Å²) in [6, 6.07) is 5.03. The lowest BCUT2D eigenvalue weighted by Gasteiger charge is -2.53. The van der Waals surface area contributed by atoms with Crippen LogP contribution in [-0.2, 0) is 10.2 Å². The van der Waals surface area contributed by atoms with E-state index in [1.807, 2.05) is 11.0 Å². The fourth-order valence-corrected chi connectivity index (χ4v) is 7.29. The number of carbonyl (C=O) groups is 1. The summed E-state index contributed by atoms with van der Waals surface area (Å²) in [5, 5.41) is 3.43. The first kappa shape index (κ1) is 17.1. The van der Waals surface area contributed by atoms with Crippen LogP contribution in [0.4, 0.5) is 14.9 Å². The molecule has 1 saturated heterocycles. The molecule has 1 aromatic rings. The van der Waals surface area contributed by atoms with Crippen LogP contribution in [0.5, 0.6) is 0 Å². The average Bonchev–Trinajstić information content (AvgIpc) is 3.02. The van der Waals surface area contributed by atoms with E-state index in [0.29, 0.717) is 24.9 Å². The number of piperidine rings is 1. The van der Waals surface area contributed by atoms with Crippen LogP contribution < -0.4 is 5.32 Å². The van der Waals surface area contributed by atoms with Crippen LogP contribution in [0.2, 0.25) is 0 Å². The van der Waals surface area contributed by atoms with Gasteiger partial charge in [0.25, 0.3) is 0 Å². The molecule has 7 rings (SSSR count). The number of carbonyl (C=O) groups excluding carboxylic acids is 1. The zero-order valence-corrected chi connectivity index (χ0v) is 16.3. The number of nitrogens with zero attached hydrogens (tertiary/aromatic N) is 1. The minimum Gasteiger partial charge on any atom is -0.446 e. The van der Waals surface area contributed by atoms with E-state index in [9.17, 15) is 9.18 Å². The zero-order valence-electron chi connectivity index (χ0n) is 16.3. The molecule has 0 radical (unpaired) electrons. The summed E-state index contributed by atoms with van der Waals surface area (Å²) in [4.78, 5) is 14.8. The summed E-state index contributed by atoms with van der Waals surface area (Å²) in [7, 11) is 0. The maximum Gasteiger partial charge on any atom is 0.410 e. The topological polar surface area (TPSA) is 41.6 Å². The lowest BCUT2D eigenvalue weighted by atomic mass is 9.55. The molecule has 0 unspecified atom stereocenters. The Labute approximate surface area is 165 Å². The highest BCUT2D eigenvalue weighted by molar-refractivity contribution is 5.68. The van der Waals surface area contributed by atoms with Crippen molar-refractivity contribution in [1.82, 2.24) is 4.90 Å². The number of likely N-dealkylation sites (tertiary alicyclic amines) is 1. The second kappa shape index (κ2) is 6.11. The molecular weight excluding hydrogens is 355 g/mol. The molecule has 5 heteroatoms. The third-order valence-corrected chi connectivity index (χ3v) is 8.53. The molecule has 1 spiro atoms. The lowest BCUT2D eigenvalue weighted by Crippen LogP contribution is -2.52. The average molecular weight is 384 g/mol. The summed E-state index contributed by atoms with van der Waals surface area (Å²) >= 11 is 0. The number of anilines is 1. The van der Waals surface area contributed by atoms with E-state index in [-0.39, 0.29) is 23.4 Å². The van der Waals surface area contributed by atoms with Gasteiger partial charge in [-0.15, -0.1) is 0 Å². The van der Waals surface area contributed by atoms with Gasteiger partial charge < -0.3 is 15.0 Å². The fraction of sp³-hybridized carbons (Fsp3) is 0.696. The number of amides is 1. The maximum absolute atomic E-state index is 13.8. The summed E-state index contributed by atoms with van der Waals surface area (Å²) in [6.07, 6.45) is 8.25. The molecule has 6 aliphatic rings. The van der Waals surface area contributed by atoms with E-state index in [1.54, 1.807) is 6.07 Å². The Bertz CT molecular complexity index is 774. The minimum absolute atomic E-state index is 0.0448. The van der Waals surface area contributed by atoms with Crippen molar-refractivity contribution < 1.29 is 13.9 Å². The van der Waals surface area contributed by atoms with Gasteiger partial charge in [-0.1, -0.05) is 0 Å². The number of rotatable bonds is 1. The van der Waals surface area contributed by atoms with Gasteiger partial charge in [-0.3, -0.25) is 0 Å². The van der Waals surface area contributed by atoms with Crippen molar-refractivity contribution in [1.29, 1.82) is 0 Å². The maximum atomic E-state index is 13.8. The van der Waals surface area contributed by atoms with Crippen molar-refractivity contribution in [3.63, 3.8) is 0 Å². The SMILES string of the molecule is O=C(OC1C2CC3CC(C2)CC1C3)N1CCC2(CC1)CNc1ccc(F)cc12. The Morgan fingerprint density at radius 3 is 2.43 bits per heavy atom. The number of hydrogen-bond donors (Lipinski definition) is 1. The van der Waals surface area contributed by atoms with Gasteiger partial charge in [0.15, 0.2) is 0 Å². The standard InChI is InChI=1S/C23H29FN2O2/c24-18-1-2-20-19(12-18)23(13-25-20)3-5-26(6-4-23)22(27)28-21-16-8-14-7-15(10-16)11-17(21)9-14/h1-2,12,14-17,21,25H,3-11,13H2. The van der Waals surface area contributed by atoms with E-state index < -0.39 is 0 Å². The van der Waals surface area contributed by atoms with Crippen LogP contribution in [0.3, 0.4) is 0 Å². The monoisotopic (exact) mass is 384 g/mol. The van der Waals surface area contributed by atoms with Crippen LogP contribution in [0.15, 0.2) is 18.2 Å². The van der Waals surface area contributed by atoms with Crippen molar-refractivity contribution in [3.05, 3.63) is 29.6 Å². The summed E-state index contributed by atoms with van der Waals surface area (Å²) < 4.78 is 19.9.